The number of anilines is 2. The van der Waals surface area contributed by atoms with Crippen molar-refractivity contribution in [3.8, 4) is 0 Å². The molecule has 1 aromatic rings. The molecule has 5 nitrogen and oxygen atoms in total. The van der Waals surface area contributed by atoms with Gasteiger partial charge in [-0.3, -0.25) is 4.79 Å². The van der Waals surface area contributed by atoms with Crippen LogP contribution in [-0.2, 0) is 4.79 Å². The van der Waals surface area contributed by atoms with Gasteiger partial charge in [-0.2, -0.15) is 0 Å². The molecular formula is C15H22N4O. The van der Waals surface area contributed by atoms with E-state index < -0.39 is 0 Å². The zero-order valence-corrected chi connectivity index (χ0v) is 12.0. The van der Waals surface area contributed by atoms with E-state index in [1.807, 2.05) is 12.1 Å². The van der Waals surface area contributed by atoms with Gasteiger partial charge in [0.25, 0.3) is 0 Å². The number of likely N-dealkylation sites (N-methyl/N-ethyl adjacent to an activating group) is 1. The summed E-state index contributed by atoms with van der Waals surface area (Å²) < 4.78 is 0. The van der Waals surface area contributed by atoms with E-state index >= 15 is 0 Å². The smallest absolute Gasteiger partial charge is 0.227 e. The zero-order chi connectivity index (χ0) is 13.9. The highest BCUT2D eigenvalue weighted by Gasteiger charge is 2.25. The van der Waals surface area contributed by atoms with Crippen molar-refractivity contribution in [3.63, 3.8) is 0 Å². The molecule has 1 N–H and O–H groups in total. The lowest BCUT2D eigenvalue weighted by molar-refractivity contribution is -0.122. The van der Waals surface area contributed by atoms with Crippen molar-refractivity contribution in [2.45, 2.75) is 19.3 Å². The minimum Gasteiger partial charge on any atom is -0.354 e. The first kappa shape index (κ1) is 13.4. The van der Waals surface area contributed by atoms with Crippen LogP contribution in [0.25, 0.3) is 0 Å². The monoisotopic (exact) mass is 274 g/mol. The summed E-state index contributed by atoms with van der Waals surface area (Å²) in [6, 6.07) is 3.96. The summed E-state index contributed by atoms with van der Waals surface area (Å²) in [5.41, 5.74) is 0.805. The second kappa shape index (κ2) is 5.79. The van der Waals surface area contributed by atoms with Crippen LogP contribution in [0.5, 0.6) is 0 Å². The highest BCUT2D eigenvalue weighted by atomic mass is 16.1. The number of amides is 1. The number of hydrogen-bond acceptors (Lipinski definition) is 4. The molecule has 1 saturated heterocycles. The minimum absolute atomic E-state index is 0.144. The first-order valence-electron chi connectivity index (χ1n) is 7.43. The molecule has 1 saturated carbocycles. The Balaban J connectivity index is 1.58. The molecule has 0 atom stereocenters. The van der Waals surface area contributed by atoms with Gasteiger partial charge in [-0.15, -0.1) is 0 Å². The van der Waals surface area contributed by atoms with E-state index in [1.54, 1.807) is 6.20 Å². The Hall–Kier alpha value is -1.62. The molecule has 1 amide bonds. The van der Waals surface area contributed by atoms with E-state index in [2.05, 4.69) is 27.1 Å². The number of pyridine rings is 1. The van der Waals surface area contributed by atoms with Crippen LogP contribution in [-0.4, -0.2) is 49.0 Å². The van der Waals surface area contributed by atoms with Crippen molar-refractivity contribution in [1.82, 2.24) is 9.88 Å². The summed E-state index contributed by atoms with van der Waals surface area (Å²) in [6.45, 7) is 4.16. The standard InChI is InChI=1S/C15H22N4O/c1-18-7-9-19(10-8-18)14-6-5-13(11-16-14)17-15(20)12-3-2-4-12/h5-6,11-12H,2-4,7-10H2,1H3,(H,17,20). The van der Waals surface area contributed by atoms with Crippen LogP contribution in [0.1, 0.15) is 19.3 Å². The fourth-order valence-corrected chi connectivity index (χ4v) is 2.60. The quantitative estimate of drug-likeness (QED) is 0.909. The van der Waals surface area contributed by atoms with E-state index in [9.17, 15) is 4.79 Å². The summed E-state index contributed by atoms with van der Waals surface area (Å²) in [5, 5.41) is 2.95. The van der Waals surface area contributed by atoms with Crippen LogP contribution in [0.15, 0.2) is 18.3 Å². The molecule has 2 fully saturated rings. The molecule has 0 bridgehead atoms. The Morgan fingerprint density at radius 3 is 2.55 bits per heavy atom. The predicted molar refractivity (Wildman–Crippen MR) is 79.9 cm³/mol. The van der Waals surface area contributed by atoms with Crippen molar-refractivity contribution in [2.75, 3.05) is 43.4 Å². The molecule has 1 aromatic heterocycles. The molecule has 0 unspecified atom stereocenters. The topological polar surface area (TPSA) is 48.5 Å². The summed E-state index contributed by atoms with van der Waals surface area (Å²) in [5.74, 6) is 1.36. The van der Waals surface area contributed by atoms with Crippen molar-refractivity contribution in [1.29, 1.82) is 0 Å². The van der Waals surface area contributed by atoms with Crippen LogP contribution in [0.3, 0.4) is 0 Å². The van der Waals surface area contributed by atoms with Gasteiger partial charge in [0.2, 0.25) is 5.91 Å². The third-order valence-corrected chi connectivity index (χ3v) is 4.32. The molecule has 0 radical (unpaired) electrons. The second-order valence-electron chi connectivity index (χ2n) is 5.81. The highest BCUT2D eigenvalue weighted by molar-refractivity contribution is 5.92. The molecule has 1 aliphatic carbocycles. The number of nitrogens with zero attached hydrogens (tertiary/aromatic N) is 3. The summed E-state index contributed by atoms with van der Waals surface area (Å²) in [4.78, 5) is 21.0. The molecule has 3 rings (SSSR count). The second-order valence-corrected chi connectivity index (χ2v) is 5.81. The Morgan fingerprint density at radius 1 is 1.25 bits per heavy atom. The molecule has 0 spiro atoms. The molecule has 5 heteroatoms. The van der Waals surface area contributed by atoms with E-state index in [1.165, 1.54) is 6.42 Å². The largest absolute Gasteiger partial charge is 0.354 e. The zero-order valence-electron chi connectivity index (χ0n) is 12.0. The number of aromatic nitrogens is 1. The first-order valence-corrected chi connectivity index (χ1v) is 7.43. The molecule has 1 aliphatic heterocycles. The summed E-state index contributed by atoms with van der Waals surface area (Å²) >= 11 is 0. The van der Waals surface area contributed by atoms with Crippen molar-refractivity contribution >= 4 is 17.4 Å². The maximum Gasteiger partial charge on any atom is 0.227 e. The van der Waals surface area contributed by atoms with Gasteiger partial charge >= 0.3 is 0 Å². The maximum absolute atomic E-state index is 11.9. The van der Waals surface area contributed by atoms with E-state index in [4.69, 9.17) is 0 Å². The van der Waals surface area contributed by atoms with E-state index in [0.717, 1.165) is 50.5 Å². The number of hydrogen-bond donors (Lipinski definition) is 1. The van der Waals surface area contributed by atoms with Crippen LogP contribution < -0.4 is 10.2 Å². The number of nitrogens with one attached hydrogen (secondary N) is 1. The van der Waals surface area contributed by atoms with Gasteiger partial charge in [-0.05, 0) is 32.0 Å². The highest BCUT2D eigenvalue weighted by Crippen LogP contribution is 2.27. The first-order chi connectivity index (χ1) is 9.72. The maximum atomic E-state index is 11.9. The fourth-order valence-electron chi connectivity index (χ4n) is 2.60. The fraction of sp³-hybridized carbons (Fsp3) is 0.600. The van der Waals surface area contributed by atoms with Crippen molar-refractivity contribution < 1.29 is 4.79 Å². The van der Waals surface area contributed by atoms with Gasteiger partial charge in [0.05, 0.1) is 11.9 Å². The van der Waals surface area contributed by atoms with Gasteiger partial charge in [0.15, 0.2) is 0 Å². The lowest BCUT2D eigenvalue weighted by atomic mass is 9.85. The van der Waals surface area contributed by atoms with Gasteiger partial charge in [0.1, 0.15) is 5.82 Å². The third kappa shape index (κ3) is 2.93. The Labute approximate surface area is 120 Å². The van der Waals surface area contributed by atoms with Gasteiger partial charge in [0, 0.05) is 32.1 Å². The lowest BCUT2D eigenvalue weighted by Gasteiger charge is -2.33. The third-order valence-electron chi connectivity index (χ3n) is 4.32. The Morgan fingerprint density at radius 2 is 2.00 bits per heavy atom. The summed E-state index contributed by atoms with van der Waals surface area (Å²) in [6.07, 6.45) is 5.00. The lowest BCUT2D eigenvalue weighted by Crippen LogP contribution is -2.44. The molecular weight excluding hydrogens is 252 g/mol. The normalized spacial score (nSPS) is 20.6. The minimum atomic E-state index is 0.144. The number of carbonyl (C=O) groups is 1. The van der Waals surface area contributed by atoms with E-state index in [-0.39, 0.29) is 11.8 Å². The van der Waals surface area contributed by atoms with Crippen LogP contribution >= 0.6 is 0 Å². The average Bonchev–Trinajstić information content (AvgIpc) is 2.38. The predicted octanol–water partition coefficient (Wildman–Crippen LogP) is 1.57. The van der Waals surface area contributed by atoms with Crippen LogP contribution in [0, 0.1) is 5.92 Å². The average molecular weight is 274 g/mol. The molecule has 2 aliphatic rings. The Kier molecular flexibility index (Phi) is 3.87. The Bertz CT molecular complexity index is 461. The number of rotatable bonds is 3. The number of carbonyl (C=O) groups excluding carboxylic acids is 1. The molecule has 0 aromatic carbocycles. The van der Waals surface area contributed by atoms with Crippen molar-refractivity contribution in [2.24, 2.45) is 5.92 Å². The summed E-state index contributed by atoms with van der Waals surface area (Å²) in [7, 11) is 2.14. The molecule has 2 heterocycles. The molecule has 20 heavy (non-hydrogen) atoms. The van der Waals surface area contributed by atoms with Crippen LogP contribution in [0.2, 0.25) is 0 Å². The van der Waals surface area contributed by atoms with Gasteiger partial charge < -0.3 is 15.1 Å². The van der Waals surface area contributed by atoms with E-state index in [0.29, 0.717) is 0 Å². The van der Waals surface area contributed by atoms with Crippen molar-refractivity contribution in [3.05, 3.63) is 18.3 Å². The SMILES string of the molecule is CN1CCN(c2ccc(NC(=O)C3CCC3)cn2)CC1. The molecule has 108 valence electrons. The van der Waals surface area contributed by atoms with Gasteiger partial charge in [-0.1, -0.05) is 6.42 Å². The number of piperazine rings is 1. The van der Waals surface area contributed by atoms with Gasteiger partial charge in [-0.25, -0.2) is 4.98 Å². The van der Waals surface area contributed by atoms with Crippen LogP contribution in [0.4, 0.5) is 11.5 Å².